The van der Waals surface area contributed by atoms with Crippen molar-refractivity contribution in [2.24, 2.45) is 28.6 Å². The summed E-state index contributed by atoms with van der Waals surface area (Å²) in [5, 5.41) is 31.0. The van der Waals surface area contributed by atoms with E-state index in [4.69, 9.17) is 14.2 Å². The molecule has 2 aromatic carbocycles. The number of allylic oxidation sites excluding steroid dienone is 4. The van der Waals surface area contributed by atoms with Gasteiger partial charge >= 0.3 is 18.0 Å². The number of rotatable bonds is 13. The van der Waals surface area contributed by atoms with Crippen molar-refractivity contribution in [3.05, 3.63) is 95.9 Å². The van der Waals surface area contributed by atoms with Crippen LogP contribution in [0.25, 0.3) is 10.8 Å². The molecule has 14 heteroatoms. The fraction of sp³-hybridized carbons (Fsp3) is 0.490. The molecule has 1 aromatic heterocycles. The zero-order chi connectivity index (χ0) is 45.3. The predicted molar refractivity (Wildman–Crippen MR) is 232 cm³/mol. The molecule has 334 valence electrons. The highest BCUT2D eigenvalue weighted by molar-refractivity contribution is 6.01. The Morgan fingerprint density at radius 3 is 2.41 bits per heavy atom. The maximum atomic E-state index is 13.7. The summed E-state index contributed by atoms with van der Waals surface area (Å²) in [5.41, 5.74) is -1.16. The molecule has 4 N–H and O–H groups in total. The Morgan fingerprint density at radius 2 is 1.68 bits per heavy atom. The van der Waals surface area contributed by atoms with E-state index in [-0.39, 0.29) is 68.3 Å². The minimum Gasteiger partial charge on any atom is -0.461 e. The molecule has 0 radical (unpaired) electrons. The van der Waals surface area contributed by atoms with Gasteiger partial charge in [0.15, 0.2) is 12.4 Å². The normalized spacial score (nSPS) is 27.8. The third-order valence-electron chi connectivity index (χ3n) is 13.9. The number of benzene rings is 2. The number of fused-ring (bicyclic) bond motifs is 6. The van der Waals surface area contributed by atoms with E-state index < -0.39 is 64.5 Å². The standard InChI is InChI=1S/C49H57N3O11/c1-46(2,3)63-45(59)51-26-37(44(58)52-34-12-10-32-25-50-21-18-31(32)22-34)30-8-6-29(7-9-30)27-61-41(56)14-15-42(57)62-28-40(55)49(60)20-17-38-36-13-11-33-23-35(53)16-19-47(33,4)43(36)39(54)24-48(38,49)5/h6-10,12,16,18-19,21-23,25,36-39,43,54,60H,11,13-15,17,20,24,26-28H2,1-5H3,(H,51,59)(H,52,58)/t36-,37+,38-,39-,43?,47-,48-,49-/m0/s1. The summed E-state index contributed by atoms with van der Waals surface area (Å²) in [6, 6.07) is 14.1. The third-order valence-corrected chi connectivity index (χ3v) is 13.9. The Labute approximate surface area is 366 Å². The Kier molecular flexibility index (Phi) is 12.8. The maximum Gasteiger partial charge on any atom is 0.407 e. The average molecular weight is 864 g/mol. The van der Waals surface area contributed by atoms with Crippen molar-refractivity contribution in [2.45, 2.75) is 109 Å². The molecule has 8 atom stereocenters. The van der Waals surface area contributed by atoms with Crippen LogP contribution in [-0.4, -0.2) is 81.2 Å². The number of alkyl carbamates (subject to hydrolysis) is 1. The third kappa shape index (κ3) is 9.47. The average Bonchev–Trinajstić information content (AvgIpc) is 3.51. The van der Waals surface area contributed by atoms with Gasteiger partial charge in [-0.05, 0) is 112 Å². The first kappa shape index (κ1) is 45.3. The van der Waals surface area contributed by atoms with Gasteiger partial charge in [0.25, 0.3) is 0 Å². The van der Waals surface area contributed by atoms with Crippen molar-refractivity contribution in [1.82, 2.24) is 10.3 Å². The molecule has 0 saturated heterocycles. The van der Waals surface area contributed by atoms with Gasteiger partial charge in [-0.3, -0.25) is 29.0 Å². The van der Waals surface area contributed by atoms with Crippen LogP contribution in [0.5, 0.6) is 0 Å². The van der Waals surface area contributed by atoms with Gasteiger partial charge in [0.05, 0.1) is 24.9 Å². The van der Waals surface area contributed by atoms with E-state index in [0.717, 1.165) is 22.8 Å². The first-order valence-corrected chi connectivity index (χ1v) is 21.7. The second-order valence-corrected chi connectivity index (χ2v) is 19.0. The molecule has 0 aliphatic heterocycles. The molecule has 0 spiro atoms. The lowest BCUT2D eigenvalue weighted by Crippen LogP contribution is -2.61. The van der Waals surface area contributed by atoms with Gasteiger partial charge in [-0.1, -0.05) is 55.8 Å². The Balaban J connectivity index is 0.895. The van der Waals surface area contributed by atoms with Crippen LogP contribution in [0.3, 0.4) is 0 Å². The number of pyridine rings is 1. The lowest BCUT2D eigenvalue weighted by atomic mass is 9.46. The zero-order valence-electron chi connectivity index (χ0n) is 36.5. The van der Waals surface area contributed by atoms with E-state index in [2.05, 4.69) is 22.5 Å². The van der Waals surface area contributed by atoms with Crippen molar-refractivity contribution >= 4 is 52.0 Å². The molecular weight excluding hydrogens is 807 g/mol. The van der Waals surface area contributed by atoms with Crippen LogP contribution in [0.1, 0.15) is 96.6 Å². The Morgan fingerprint density at radius 1 is 0.952 bits per heavy atom. The van der Waals surface area contributed by atoms with Gasteiger partial charge < -0.3 is 35.1 Å². The van der Waals surface area contributed by atoms with E-state index >= 15 is 0 Å². The molecule has 0 bridgehead atoms. The van der Waals surface area contributed by atoms with Gasteiger partial charge in [-0.2, -0.15) is 0 Å². The zero-order valence-corrected chi connectivity index (χ0v) is 36.5. The second kappa shape index (κ2) is 17.8. The summed E-state index contributed by atoms with van der Waals surface area (Å²) in [6.07, 6.45) is 8.83. The topological polar surface area (TPSA) is 208 Å². The van der Waals surface area contributed by atoms with Crippen LogP contribution < -0.4 is 10.6 Å². The minimum absolute atomic E-state index is 0.0311. The van der Waals surface area contributed by atoms with E-state index in [0.29, 0.717) is 29.7 Å². The lowest BCUT2D eigenvalue weighted by molar-refractivity contribution is -0.181. The highest BCUT2D eigenvalue weighted by atomic mass is 16.6. The summed E-state index contributed by atoms with van der Waals surface area (Å²) >= 11 is 0. The van der Waals surface area contributed by atoms with Gasteiger partial charge in [0, 0.05) is 46.8 Å². The maximum absolute atomic E-state index is 13.7. The molecule has 14 nitrogen and oxygen atoms in total. The van der Waals surface area contributed by atoms with Gasteiger partial charge in [0.2, 0.25) is 11.7 Å². The smallest absolute Gasteiger partial charge is 0.407 e. The monoisotopic (exact) mass is 863 g/mol. The number of Topliss-reactive ketones (excluding diaryl/α,β-unsaturated/α-hetero) is 1. The molecule has 3 fully saturated rings. The number of esters is 2. The molecule has 7 rings (SSSR count). The molecule has 3 aromatic rings. The van der Waals surface area contributed by atoms with E-state index in [1.807, 2.05) is 31.2 Å². The summed E-state index contributed by atoms with van der Waals surface area (Å²) in [5.74, 6) is -3.48. The number of carbonyl (C=O) groups is 6. The first-order valence-electron chi connectivity index (χ1n) is 21.7. The summed E-state index contributed by atoms with van der Waals surface area (Å²) in [7, 11) is 0. The van der Waals surface area contributed by atoms with Crippen LogP contribution in [0.15, 0.2) is 84.7 Å². The quantitative estimate of drug-likeness (QED) is 0.108. The van der Waals surface area contributed by atoms with Crippen LogP contribution >= 0.6 is 0 Å². The van der Waals surface area contributed by atoms with Crippen LogP contribution in [0, 0.1) is 28.6 Å². The minimum atomic E-state index is -1.80. The number of nitrogens with zero attached hydrogens (tertiary/aromatic N) is 1. The SMILES string of the molecule is CC(C)(C)OC(=O)NC[C@@H](C(=O)Nc1ccc2cnccc2c1)c1ccc(COC(=O)CCC(=O)OCC(=O)[C@@]2(O)CC[C@H]3[C@@H]4CCC5=CC(=O)C=C[C@]5(C)C4[C@@H](O)C[C@@]32C)cc1. The van der Waals surface area contributed by atoms with Gasteiger partial charge in [-0.25, -0.2) is 4.79 Å². The van der Waals surface area contributed by atoms with Gasteiger partial charge in [0.1, 0.15) is 17.8 Å². The largest absolute Gasteiger partial charge is 0.461 e. The fourth-order valence-corrected chi connectivity index (χ4v) is 10.7. The van der Waals surface area contributed by atoms with E-state index in [1.165, 1.54) is 0 Å². The lowest BCUT2D eigenvalue weighted by Gasteiger charge is -2.59. The Hall–Kier alpha value is -5.73. The summed E-state index contributed by atoms with van der Waals surface area (Å²) < 4.78 is 16.1. The van der Waals surface area contributed by atoms with Gasteiger partial charge in [-0.15, -0.1) is 0 Å². The molecule has 1 unspecified atom stereocenters. The predicted octanol–water partition coefficient (Wildman–Crippen LogP) is 6.43. The van der Waals surface area contributed by atoms with E-state index in [9.17, 15) is 39.0 Å². The van der Waals surface area contributed by atoms with Crippen molar-refractivity contribution in [3.63, 3.8) is 0 Å². The number of aromatic nitrogens is 1. The number of ketones is 2. The summed E-state index contributed by atoms with van der Waals surface area (Å²) in [4.78, 5) is 81.5. The van der Waals surface area contributed by atoms with Crippen molar-refractivity contribution in [1.29, 1.82) is 0 Å². The van der Waals surface area contributed by atoms with Crippen LogP contribution in [-0.2, 0) is 44.8 Å². The molecule has 4 aliphatic rings. The first-order chi connectivity index (χ1) is 29.8. The number of anilines is 1. The summed E-state index contributed by atoms with van der Waals surface area (Å²) in [6.45, 7) is 8.31. The number of hydrogen-bond donors (Lipinski definition) is 4. The number of nitrogens with one attached hydrogen (secondary N) is 2. The van der Waals surface area contributed by atoms with E-state index in [1.54, 1.807) is 75.6 Å². The number of amides is 2. The number of carbonyl (C=O) groups excluding carboxylic acids is 6. The van der Waals surface area contributed by atoms with Crippen molar-refractivity contribution in [3.8, 4) is 0 Å². The molecule has 2 amide bonds. The highest BCUT2D eigenvalue weighted by Crippen LogP contribution is 2.67. The number of aliphatic hydroxyl groups is 2. The number of ether oxygens (including phenoxy) is 3. The van der Waals surface area contributed by atoms with Crippen LogP contribution in [0.4, 0.5) is 10.5 Å². The number of aliphatic hydroxyl groups excluding tert-OH is 1. The Bertz CT molecular complexity index is 2350. The molecule has 63 heavy (non-hydrogen) atoms. The number of hydrogen-bond acceptors (Lipinski definition) is 12. The molecule has 1 heterocycles. The van der Waals surface area contributed by atoms with Crippen molar-refractivity contribution in [2.75, 3.05) is 18.5 Å². The fourth-order valence-electron chi connectivity index (χ4n) is 10.7. The highest BCUT2D eigenvalue weighted by Gasteiger charge is 2.68. The van der Waals surface area contributed by atoms with Crippen molar-refractivity contribution < 1.29 is 53.2 Å². The molecular formula is C49H57N3O11. The molecule has 3 saturated carbocycles. The molecule has 4 aliphatic carbocycles. The van der Waals surface area contributed by atoms with Crippen LogP contribution in [0.2, 0.25) is 0 Å². The second-order valence-electron chi connectivity index (χ2n) is 19.0.